The van der Waals surface area contributed by atoms with E-state index in [4.69, 9.17) is 10.6 Å². The number of anilines is 1. The van der Waals surface area contributed by atoms with Crippen molar-refractivity contribution in [3.8, 4) is 0 Å². The van der Waals surface area contributed by atoms with E-state index in [2.05, 4.69) is 25.4 Å². The van der Waals surface area contributed by atoms with E-state index in [-0.39, 0.29) is 5.82 Å². The number of nitrogens with zero attached hydrogens (tertiary/aromatic N) is 3. The summed E-state index contributed by atoms with van der Waals surface area (Å²) in [5, 5.41) is 7.34. The number of nitrogens with one attached hydrogen (secondary N) is 1. The number of aliphatic imine (C=N–C) groups is 1. The molecule has 0 saturated carbocycles. The molecule has 2 aromatic carbocycles. The van der Waals surface area contributed by atoms with Gasteiger partial charge in [-0.2, -0.15) is 0 Å². The van der Waals surface area contributed by atoms with Crippen molar-refractivity contribution in [3.63, 3.8) is 0 Å². The largest absolute Gasteiger partial charge is 0.379 e. The molecule has 0 aliphatic carbocycles. The highest BCUT2D eigenvalue weighted by molar-refractivity contribution is 5.99. The SMILES string of the molecule is Nc1nonc1C(=NCc1ccccc1)NOCc1ccccc1. The Balaban J connectivity index is 1.69. The van der Waals surface area contributed by atoms with Gasteiger partial charge < -0.3 is 5.73 Å². The number of amidine groups is 1. The topological polar surface area (TPSA) is 98.6 Å². The highest BCUT2D eigenvalue weighted by Gasteiger charge is 2.14. The zero-order chi connectivity index (χ0) is 16.6. The number of hydrogen-bond donors (Lipinski definition) is 2. The highest BCUT2D eigenvalue weighted by atomic mass is 16.6. The first-order valence-corrected chi connectivity index (χ1v) is 7.41. The molecule has 0 saturated heterocycles. The molecule has 122 valence electrons. The summed E-state index contributed by atoms with van der Waals surface area (Å²) in [5.41, 5.74) is 10.9. The van der Waals surface area contributed by atoms with Crippen molar-refractivity contribution in [2.75, 3.05) is 5.73 Å². The molecule has 0 aliphatic rings. The van der Waals surface area contributed by atoms with Gasteiger partial charge in [-0.15, -0.1) is 0 Å². The fourth-order valence-electron chi connectivity index (χ4n) is 2.03. The summed E-state index contributed by atoms with van der Waals surface area (Å²) in [7, 11) is 0. The molecule has 0 fully saturated rings. The third-order valence-corrected chi connectivity index (χ3v) is 3.25. The number of aromatic nitrogens is 2. The summed E-state index contributed by atoms with van der Waals surface area (Å²) >= 11 is 0. The highest BCUT2D eigenvalue weighted by Crippen LogP contribution is 2.08. The van der Waals surface area contributed by atoms with Gasteiger partial charge in [0.05, 0.1) is 13.2 Å². The van der Waals surface area contributed by atoms with Gasteiger partial charge in [-0.05, 0) is 21.4 Å². The van der Waals surface area contributed by atoms with E-state index < -0.39 is 0 Å². The van der Waals surface area contributed by atoms with Crippen LogP contribution in [0.4, 0.5) is 5.82 Å². The summed E-state index contributed by atoms with van der Waals surface area (Å²) in [6, 6.07) is 19.6. The summed E-state index contributed by atoms with van der Waals surface area (Å²) in [6.07, 6.45) is 0. The van der Waals surface area contributed by atoms with Crippen LogP contribution in [-0.2, 0) is 18.0 Å². The predicted molar refractivity (Wildman–Crippen MR) is 89.8 cm³/mol. The Kier molecular flexibility index (Phi) is 5.16. The van der Waals surface area contributed by atoms with Gasteiger partial charge in [-0.25, -0.2) is 10.1 Å². The van der Waals surface area contributed by atoms with Crippen molar-refractivity contribution < 1.29 is 9.47 Å². The van der Waals surface area contributed by atoms with Crippen molar-refractivity contribution in [3.05, 3.63) is 77.5 Å². The molecule has 1 aromatic heterocycles. The van der Waals surface area contributed by atoms with Crippen LogP contribution < -0.4 is 11.2 Å². The Labute approximate surface area is 139 Å². The van der Waals surface area contributed by atoms with Crippen LogP contribution >= 0.6 is 0 Å². The predicted octanol–water partition coefficient (Wildman–Crippen LogP) is 2.32. The minimum Gasteiger partial charge on any atom is -0.379 e. The van der Waals surface area contributed by atoms with Crippen molar-refractivity contribution in [2.45, 2.75) is 13.2 Å². The monoisotopic (exact) mass is 323 g/mol. The summed E-state index contributed by atoms with van der Waals surface area (Å²) in [6.45, 7) is 0.820. The van der Waals surface area contributed by atoms with Gasteiger partial charge in [0, 0.05) is 0 Å². The lowest BCUT2D eigenvalue weighted by atomic mass is 10.2. The maximum Gasteiger partial charge on any atom is 0.199 e. The van der Waals surface area contributed by atoms with Crippen LogP contribution in [0.1, 0.15) is 16.8 Å². The summed E-state index contributed by atoms with van der Waals surface area (Å²) in [5.74, 6) is 0.520. The second-order valence-electron chi connectivity index (χ2n) is 5.02. The Morgan fingerprint density at radius 2 is 1.67 bits per heavy atom. The molecule has 0 bridgehead atoms. The zero-order valence-corrected chi connectivity index (χ0v) is 12.9. The Morgan fingerprint density at radius 1 is 1.00 bits per heavy atom. The molecule has 0 atom stereocenters. The van der Waals surface area contributed by atoms with E-state index in [0.717, 1.165) is 11.1 Å². The van der Waals surface area contributed by atoms with Gasteiger partial charge in [0.2, 0.25) is 0 Å². The van der Waals surface area contributed by atoms with Gasteiger partial charge in [0.25, 0.3) is 0 Å². The summed E-state index contributed by atoms with van der Waals surface area (Å²) < 4.78 is 4.64. The van der Waals surface area contributed by atoms with E-state index >= 15 is 0 Å². The third-order valence-electron chi connectivity index (χ3n) is 3.25. The van der Waals surface area contributed by atoms with Crippen LogP contribution in [0.5, 0.6) is 0 Å². The first-order valence-electron chi connectivity index (χ1n) is 7.41. The normalized spacial score (nSPS) is 11.4. The molecule has 7 heteroatoms. The first-order chi connectivity index (χ1) is 11.8. The minimum atomic E-state index is 0.151. The molecule has 24 heavy (non-hydrogen) atoms. The van der Waals surface area contributed by atoms with Crippen LogP contribution in [0, 0.1) is 0 Å². The Bertz CT molecular complexity index is 787. The van der Waals surface area contributed by atoms with Crippen molar-refractivity contribution in [1.82, 2.24) is 15.8 Å². The average Bonchev–Trinajstić information content (AvgIpc) is 3.05. The molecule has 0 radical (unpaired) electrons. The summed E-state index contributed by atoms with van der Waals surface area (Å²) in [4.78, 5) is 9.97. The number of rotatable bonds is 6. The van der Waals surface area contributed by atoms with Crippen molar-refractivity contribution >= 4 is 11.7 Å². The zero-order valence-electron chi connectivity index (χ0n) is 12.9. The maximum atomic E-state index is 5.75. The third kappa shape index (κ3) is 4.17. The number of hydrogen-bond acceptors (Lipinski definition) is 6. The fraction of sp³-hybridized carbons (Fsp3) is 0.118. The maximum absolute atomic E-state index is 5.75. The number of hydroxylamine groups is 1. The van der Waals surface area contributed by atoms with Gasteiger partial charge in [-0.3, -0.25) is 9.83 Å². The van der Waals surface area contributed by atoms with E-state index in [9.17, 15) is 0 Å². The Hall–Kier alpha value is -3.19. The second-order valence-corrected chi connectivity index (χ2v) is 5.02. The molecule has 3 aromatic rings. The smallest absolute Gasteiger partial charge is 0.199 e. The molecular weight excluding hydrogens is 306 g/mol. The van der Waals surface area contributed by atoms with E-state index in [0.29, 0.717) is 24.7 Å². The molecule has 3 rings (SSSR count). The fourth-order valence-corrected chi connectivity index (χ4v) is 2.03. The van der Waals surface area contributed by atoms with Crippen LogP contribution in [-0.4, -0.2) is 16.1 Å². The van der Waals surface area contributed by atoms with Crippen molar-refractivity contribution in [1.29, 1.82) is 0 Å². The van der Waals surface area contributed by atoms with Gasteiger partial charge in [-0.1, -0.05) is 60.7 Å². The van der Waals surface area contributed by atoms with Gasteiger partial charge in [0.1, 0.15) is 0 Å². The van der Waals surface area contributed by atoms with E-state index in [1.54, 1.807) is 0 Å². The standard InChI is InChI=1S/C17H17N5O2/c18-16-15(20-24-21-16)17(19-11-13-7-3-1-4-8-13)22-23-12-14-9-5-2-6-10-14/h1-10H,11-12H2,(H2,18,21)(H,19,22). The van der Waals surface area contributed by atoms with Crippen LogP contribution in [0.3, 0.4) is 0 Å². The van der Waals surface area contributed by atoms with Crippen LogP contribution in [0.25, 0.3) is 0 Å². The van der Waals surface area contributed by atoms with Gasteiger partial charge in [0.15, 0.2) is 17.3 Å². The quantitative estimate of drug-likeness (QED) is 0.410. The number of nitrogens with two attached hydrogens (primary N) is 1. The molecule has 0 amide bonds. The second kappa shape index (κ2) is 7.89. The molecule has 0 unspecified atom stereocenters. The van der Waals surface area contributed by atoms with Crippen LogP contribution in [0.15, 0.2) is 70.3 Å². The molecular formula is C17H17N5O2. The van der Waals surface area contributed by atoms with Crippen molar-refractivity contribution in [2.24, 2.45) is 4.99 Å². The van der Waals surface area contributed by atoms with Gasteiger partial charge >= 0.3 is 0 Å². The number of benzene rings is 2. The lowest BCUT2D eigenvalue weighted by Crippen LogP contribution is -2.26. The molecule has 0 spiro atoms. The molecule has 3 N–H and O–H groups in total. The van der Waals surface area contributed by atoms with E-state index in [1.165, 1.54) is 0 Å². The molecule has 0 aliphatic heterocycles. The number of nitrogen functional groups attached to an aromatic ring is 1. The molecule has 7 nitrogen and oxygen atoms in total. The lowest BCUT2D eigenvalue weighted by Gasteiger charge is -2.08. The average molecular weight is 323 g/mol. The Morgan fingerprint density at radius 3 is 2.29 bits per heavy atom. The minimum absolute atomic E-state index is 0.151. The van der Waals surface area contributed by atoms with E-state index in [1.807, 2.05) is 60.7 Å². The van der Waals surface area contributed by atoms with Crippen LogP contribution in [0.2, 0.25) is 0 Å². The first kappa shape index (κ1) is 15.7. The lowest BCUT2D eigenvalue weighted by molar-refractivity contribution is 0.0711. The molecule has 1 heterocycles.